The van der Waals surface area contributed by atoms with Gasteiger partial charge < -0.3 is 4.57 Å². The van der Waals surface area contributed by atoms with E-state index >= 15 is 0 Å². The molecule has 3 heterocycles. The van der Waals surface area contributed by atoms with Gasteiger partial charge in [0.1, 0.15) is 0 Å². The van der Waals surface area contributed by atoms with E-state index in [9.17, 15) is 16.8 Å². The van der Waals surface area contributed by atoms with Crippen LogP contribution in [0.2, 0.25) is 0 Å². The predicted octanol–water partition coefficient (Wildman–Crippen LogP) is 4.85. The number of sulfonamides is 2. The molecule has 7 nitrogen and oxygen atoms in total. The Morgan fingerprint density at radius 1 is 0.718 bits per heavy atom. The van der Waals surface area contributed by atoms with Crippen molar-refractivity contribution >= 4 is 30.9 Å². The van der Waals surface area contributed by atoms with E-state index in [-0.39, 0.29) is 29.4 Å². The van der Waals surface area contributed by atoms with Gasteiger partial charge in [0, 0.05) is 42.3 Å². The van der Waals surface area contributed by atoms with Gasteiger partial charge in [0.25, 0.3) is 0 Å². The first-order chi connectivity index (χ1) is 18.4. The van der Waals surface area contributed by atoms with Crippen LogP contribution in [0.25, 0.3) is 10.9 Å². The van der Waals surface area contributed by atoms with Crippen molar-refractivity contribution < 1.29 is 16.8 Å². The third-order valence-corrected chi connectivity index (χ3v) is 11.7. The van der Waals surface area contributed by atoms with Crippen LogP contribution in [0.3, 0.4) is 0 Å². The van der Waals surface area contributed by atoms with Crippen molar-refractivity contribution in [1.82, 2.24) is 13.2 Å². The molecular weight excluding hydrogens is 530 g/mol. The minimum atomic E-state index is -3.99. The second-order valence-corrected chi connectivity index (χ2v) is 14.5. The number of benzene rings is 3. The molecule has 1 atom stereocenters. The fourth-order valence-corrected chi connectivity index (χ4v) is 9.24. The summed E-state index contributed by atoms with van der Waals surface area (Å²) in [5.74, 6) is 0. The standard InChI is InChI=1S/C30H31N3O4S2/c1-21-9-13-24(14-10-21)38(34,35)32-19-28-29(26-7-5-6-8-27(26)31(28)4)30(20-32)17-23(3)18-33(30)39(36,37)25-15-11-22(2)12-16-25/h5-17H,18-20H2,1-4H3. The largest absolute Gasteiger partial charge is 0.346 e. The van der Waals surface area contributed by atoms with E-state index in [1.165, 1.54) is 8.61 Å². The fraction of sp³-hybridized carbons (Fsp3) is 0.267. The Morgan fingerprint density at radius 2 is 1.28 bits per heavy atom. The molecule has 6 rings (SSSR count). The van der Waals surface area contributed by atoms with E-state index in [0.717, 1.165) is 38.9 Å². The third-order valence-electron chi connectivity index (χ3n) is 8.00. The average Bonchev–Trinajstić information content (AvgIpc) is 3.39. The first kappa shape index (κ1) is 26.0. The molecule has 0 N–H and O–H groups in total. The van der Waals surface area contributed by atoms with Crippen molar-refractivity contribution in [3.05, 3.63) is 107 Å². The van der Waals surface area contributed by atoms with Crippen molar-refractivity contribution in [2.24, 2.45) is 7.05 Å². The summed E-state index contributed by atoms with van der Waals surface area (Å²) in [5, 5.41) is 0.928. The van der Waals surface area contributed by atoms with E-state index in [1.54, 1.807) is 48.5 Å². The number of hydrogen-bond donors (Lipinski definition) is 0. The number of para-hydroxylation sites is 1. The van der Waals surface area contributed by atoms with E-state index in [4.69, 9.17) is 0 Å². The van der Waals surface area contributed by atoms with Gasteiger partial charge in [-0.05, 0) is 51.1 Å². The lowest BCUT2D eigenvalue weighted by Gasteiger charge is -2.44. The van der Waals surface area contributed by atoms with E-state index < -0.39 is 25.6 Å². The lowest BCUT2D eigenvalue weighted by molar-refractivity contribution is 0.198. The normalized spacial score (nSPS) is 20.5. The SMILES string of the molecule is CC1=CC2(CN(S(=O)(=O)c3ccc(C)cc3)Cc3c2c2ccccc2n3C)N(S(=O)(=O)c2ccc(C)cc2)C1. The van der Waals surface area contributed by atoms with E-state index in [1.807, 2.05) is 62.7 Å². The fourth-order valence-electron chi connectivity index (χ4n) is 6.07. The molecule has 1 aromatic heterocycles. The number of fused-ring (bicyclic) bond motifs is 4. The predicted molar refractivity (Wildman–Crippen MR) is 152 cm³/mol. The van der Waals surface area contributed by atoms with Crippen LogP contribution in [0.1, 0.15) is 29.3 Å². The molecular formula is C30H31N3O4S2. The molecule has 1 unspecified atom stereocenters. The zero-order valence-corrected chi connectivity index (χ0v) is 24.1. The van der Waals surface area contributed by atoms with Crippen LogP contribution in [-0.2, 0) is 39.2 Å². The minimum Gasteiger partial charge on any atom is -0.346 e. The van der Waals surface area contributed by atoms with Crippen LogP contribution < -0.4 is 0 Å². The molecule has 2 aliphatic rings. The monoisotopic (exact) mass is 561 g/mol. The summed E-state index contributed by atoms with van der Waals surface area (Å²) in [4.78, 5) is 0.382. The highest BCUT2D eigenvalue weighted by atomic mass is 32.2. The first-order valence-corrected chi connectivity index (χ1v) is 15.7. The number of aryl methyl sites for hydroxylation is 3. The second kappa shape index (κ2) is 8.89. The molecule has 0 bridgehead atoms. The van der Waals surface area contributed by atoms with Crippen molar-refractivity contribution in [3.8, 4) is 0 Å². The summed E-state index contributed by atoms with van der Waals surface area (Å²) in [7, 11) is -6.00. The summed E-state index contributed by atoms with van der Waals surface area (Å²) >= 11 is 0. The van der Waals surface area contributed by atoms with Gasteiger partial charge in [0.05, 0.1) is 21.9 Å². The highest BCUT2D eigenvalue weighted by molar-refractivity contribution is 7.89. The van der Waals surface area contributed by atoms with Gasteiger partial charge in [-0.25, -0.2) is 16.8 Å². The first-order valence-electron chi connectivity index (χ1n) is 12.9. The smallest absolute Gasteiger partial charge is 0.244 e. The Morgan fingerprint density at radius 3 is 1.90 bits per heavy atom. The van der Waals surface area contributed by atoms with Gasteiger partial charge in [0.15, 0.2) is 0 Å². The molecule has 0 radical (unpaired) electrons. The van der Waals surface area contributed by atoms with Gasteiger partial charge in [0.2, 0.25) is 20.0 Å². The molecule has 0 fully saturated rings. The number of rotatable bonds is 4. The van der Waals surface area contributed by atoms with Crippen LogP contribution in [0, 0.1) is 13.8 Å². The third kappa shape index (κ3) is 3.90. The van der Waals surface area contributed by atoms with Crippen molar-refractivity contribution in [2.45, 2.75) is 42.6 Å². The van der Waals surface area contributed by atoms with Crippen molar-refractivity contribution in [2.75, 3.05) is 13.1 Å². The Labute approximate surface area is 230 Å². The molecule has 0 saturated heterocycles. The highest BCUT2D eigenvalue weighted by Gasteiger charge is 2.54. The molecule has 1 spiro atoms. The molecule has 0 amide bonds. The minimum absolute atomic E-state index is 0.0212. The van der Waals surface area contributed by atoms with Gasteiger partial charge in [-0.2, -0.15) is 8.61 Å². The second-order valence-electron chi connectivity index (χ2n) is 10.7. The summed E-state index contributed by atoms with van der Waals surface area (Å²) < 4.78 is 61.6. The Bertz CT molecular complexity index is 1860. The highest BCUT2D eigenvalue weighted by Crippen LogP contribution is 2.49. The van der Waals surface area contributed by atoms with E-state index in [2.05, 4.69) is 0 Å². The quantitative estimate of drug-likeness (QED) is 0.334. The van der Waals surface area contributed by atoms with Crippen LogP contribution in [0.5, 0.6) is 0 Å². The molecule has 3 aromatic carbocycles. The van der Waals surface area contributed by atoms with Crippen LogP contribution in [0.4, 0.5) is 0 Å². The number of aromatic nitrogens is 1. The molecule has 202 valence electrons. The molecule has 9 heteroatoms. The number of nitrogens with zero attached hydrogens (tertiary/aromatic N) is 3. The summed E-state index contributed by atoms with van der Waals surface area (Å²) in [6.07, 6.45) is 1.96. The Hall–Kier alpha value is -3.24. The van der Waals surface area contributed by atoms with Gasteiger partial charge in [-0.3, -0.25) is 0 Å². The average molecular weight is 562 g/mol. The maximum absolute atomic E-state index is 14.3. The molecule has 4 aromatic rings. The summed E-state index contributed by atoms with van der Waals surface area (Å²) in [5.41, 5.74) is 4.16. The molecule has 39 heavy (non-hydrogen) atoms. The maximum atomic E-state index is 14.3. The van der Waals surface area contributed by atoms with Gasteiger partial charge in [-0.1, -0.05) is 65.2 Å². The topological polar surface area (TPSA) is 79.7 Å². The number of hydrogen-bond acceptors (Lipinski definition) is 4. The summed E-state index contributed by atoms with van der Waals surface area (Å²) in [6.45, 7) is 6.03. The lowest BCUT2D eigenvalue weighted by atomic mass is 9.85. The van der Waals surface area contributed by atoms with Gasteiger partial charge in [-0.15, -0.1) is 0 Å². The molecule has 0 aliphatic carbocycles. The van der Waals surface area contributed by atoms with E-state index in [0.29, 0.717) is 0 Å². The zero-order chi connectivity index (χ0) is 27.7. The van der Waals surface area contributed by atoms with Crippen LogP contribution in [0.15, 0.2) is 94.2 Å². The van der Waals surface area contributed by atoms with Crippen LogP contribution in [-0.4, -0.2) is 43.1 Å². The lowest BCUT2D eigenvalue weighted by Crippen LogP contribution is -2.56. The molecule has 0 saturated carbocycles. The molecule has 2 aliphatic heterocycles. The van der Waals surface area contributed by atoms with Gasteiger partial charge >= 0.3 is 0 Å². The summed E-state index contributed by atoms with van der Waals surface area (Å²) in [6, 6.07) is 21.5. The Kier molecular flexibility index (Phi) is 5.93. The maximum Gasteiger partial charge on any atom is 0.244 e. The van der Waals surface area contributed by atoms with Crippen LogP contribution >= 0.6 is 0 Å². The van der Waals surface area contributed by atoms with Crippen molar-refractivity contribution in [3.63, 3.8) is 0 Å². The zero-order valence-electron chi connectivity index (χ0n) is 22.4. The Balaban J connectivity index is 1.61. The van der Waals surface area contributed by atoms with Crippen molar-refractivity contribution in [1.29, 1.82) is 0 Å².